The molecule has 82 valence electrons. The fourth-order valence-corrected chi connectivity index (χ4v) is 2.48. The van der Waals surface area contributed by atoms with Gasteiger partial charge in [-0.3, -0.25) is 4.79 Å². The van der Waals surface area contributed by atoms with E-state index in [0.717, 1.165) is 12.8 Å². The molecule has 1 heterocycles. The summed E-state index contributed by atoms with van der Waals surface area (Å²) < 4.78 is 0. The highest BCUT2D eigenvalue weighted by Crippen LogP contribution is 2.32. The van der Waals surface area contributed by atoms with Crippen molar-refractivity contribution in [3.8, 4) is 0 Å². The maximum absolute atomic E-state index is 12.1. The second-order valence-corrected chi connectivity index (χ2v) is 4.99. The van der Waals surface area contributed by atoms with Gasteiger partial charge in [-0.15, -0.1) is 0 Å². The van der Waals surface area contributed by atoms with E-state index in [-0.39, 0.29) is 5.92 Å². The highest BCUT2D eigenvalue weighted by molar-refractivity contribution is 5.82. The fraction of sp³-hybridized carbons (Fsp3) is 0.917. The van der Waals surface area contributed by atoms with Crippen molar-refractivity contribution in [1.29, 1.82) is 0 Å². The molecule has 14 heavy (non-hydrogen) atoms. The van der Waals surface area contributed by atoms with Crippen molar-refractivity contribution in [3.05, 3.63) is 0 Å². The van der Waals surface area contributed by atoms with Crippen molar-refractivity contribution in [2.45, 2.75) is 59.5 Å². The van der Waals surface area contributed by atoms with Crippen LogP contribution in [-0.4, -0.2) is 22.9 Å². The first-order chi connectivity index (χ1) is 6.49. The van der Waals surface area contributed by atoms with Crippen LogP contribution in [0.25, 0.3) is 0 Å². The molecule has 0 aromatic carbocycles. The molecular weight excluding hydrogens is 174 g/mol. The predicted molar refractivity (Wildman–Crippen MR) is 59.0 cm³/mol. The molecule has 0 radical (unpaired) electrons. The Balaban J connectivity index is 2.80. The minimum atomic E-state index is 0.266. The fourth-order valence-electron chi connectivity index (χ4n) is 2.48. The maximum atomic E-state index is 12.1. The van der Waals surface area contributed by atoms with Gasteiger partial charge in [0.05, 0.1) is 0 Å². The molecule has 0 aromatic heterocycles. The first-order valence-corrected chi connectivity index (χ1v) is 5.81. The standard InChI is InChI=1S/C12H23NO/c1-6-10-7-11(8(2)3)12(14)13(10)9(4)5/h8-11H,6-7H2,1-5H3. The summed E-state index contributed by atoms with van der Waals surface area (Å²) >= 11 is 0. The topological polar surface area (TPSA) is 20.3 Å². The van der Waals surface area contributed by atoms with Crippen LogP contribution in [-0.2, 0) is 4.79 Å². The molecule has 0 aromatic rings. The molecular formula is C12H23NO. The molecule has 0 bridgehead atoms. The van der Waals surface area contributed by atoms with Crippen LogP contribution in [0.4, 0.5) is 0 Å². The summed E-state index contributed by atoms with van der Waals surface area (Å²) in [4.78, 5) is 14.2. The summed E-state index contributed by atoms with van der Waals surface area (Å²) in [6.45, 7) is 10.7. The number of nitrogens with zero attached hydrogens (tertiary/aromatic N) is 1. The van der Waals surface area contributed by atoms with E-state index in [4.69, 9.17) is 0 Å². The van der Waals surface area contributed by atoms with Crippen molar-refractivity contribution in [1.82, 2.24) is 4.90 Å². The summed E-state index contributed by atoms with van der Waals surface area (Å²) in [6, 6.07) is 0.839. The minimum absolute atomic E-state index is 0.266. The van der Waals surface area contributed by atoms with E-state index in [2.05, 4.69) is 39.5 Å². The molecule has 0 saturated carbocycles. The molecule has 1 aliphatic rings. The number of hydrogen-bond acceptors (Lipinski definition) is 1. The van der Waals surface area contributed by atoms with Gasteiger partial charge in [-0.05, 0) is 32.6 Å². The van der Waals surface area contributed by atoms with E-state index >= 15 is 0 Å². The van der Waals surface area contributed by atoms with Gasteiger partial charge < -0.3 is 4.90 Å². The lowest BCUT2D eigenvalue weighted by atomic mass is 9.92. The average molecular weight is 197 g/mol. The Morgan fingerprint density at radius 1 is 1.36 bits per heavy atom. The number of rotatable bonds is 3. The smallest absolute Gasteiger partial charge is 0.226 e. The van der Waals surface area contributed by atoms with Crippen molar-refractivity contribution in [2.24, 2.45) is 11.8 Å². The number of hydrogen-bond donors (Lipinski definition) is 0. The highest BCUT2D eigenvalue weighted by Gasteiger charge is 2.40. The van der Waals surface area contributed by atoms with Gasteiger partial charge in [0.1, 0.15) is 0 Å². The Morgan fingerprint density at radius 2 is 1.93 bits per heavy atom. The van der Waals surface area contributed by atoms with Crippen LogP contribution in [0.2, 0.25) is 0 Å². The zero-order valence-corrected chi connectivity index (χ0v) is 10.1. The summed E-state index contributed by atoms with van der Waals surface area (Å²) in [5.74, 6) is 1.13. The van der Waals surface area contributed by atoms with Gasteiger partial charge in [0.25, 0.3) is 0 Å². The molecule has 2 nitrogen and oxygen atoms in total. The van der Waals surface area contributed by atoms with Crippen LogP contribution in [0.5, 0.6) is 0 Å². The molecule has 1 aliphatic heterocycles. The predicted octanol–water partition coefficient (Wildman–Crippen LogP) is 2.68. The first-order valence-electron chi connectivity index (χ1n) is 5.81. The van der Waals surface area contributed by atoms with Crippen LogP contribution in [0, 0.1) is 11.8 Å². The second kappa shape index (κ2) is 4.33. The van der Waals surface area contributed by atoms with E-state index in [9.17, 15) is 4.79 Å². The average Bonchev–Trinajstić information content (AvgIpc) is 2.42. The second-order valence-electron chi connectivity index (χ2n) is 4.99. The van der Waals surface area contributed by atoms with Gasteiger partial charge in [0, 0.05) is 18.0 Å². The lowest BCUT2D eigenvalue weighted by Crippen LogP contribution is -2.39. The zero-order chi connectivity index (χ0) is 10.9. The summed E-state index contributed by atoms with van der Waals surface area (Å²) in [7, 11) is 0. The maximum Gasteiger partial charge on any atom is 0.226 e. The molecule has 0 N–H and O–H groups in total. The third-order valence-electron chi connectivity index (χ3n) is 3.32. The quantitative estimate of drug-likeness (QED) is 0.681. The third-order valence-corrected chi connectivity index (χ3v) is 3.32. The molecule has 1 saturated heterocycles. The Kier molecular flexibility index (Phi) is 3.57. The van der Waals surface area contributed by atoms with E-state index in [1.807, 2.05) is 0 Å². The van der Waals surface area contributed by atoms with Crippen LogP contribution < -0.4 is 0 Å². The minimum Gasteiger partial charge on any atom is -0.337 e. The number of carbonyl (C=O) groups excluding carboxylic acids is 1. The first kappa shape index (κ1) is 11.5. The van der Waals surface area contributed by atoms with E-state index in [1.165, 1.54) is 0 Å². The van der Waals surface area contributed by atoms with Crippen LogP contribution >= 0.6 is 0 Å². The Bertz CT molecular complexity index is 210. The van der Waals surface area contributed by atoms with E-state index in [0.29, 0.717) is 23.9 Å². The van der Waals surface area contributed by atoms with Crippen molar-refractivity contribution in [3.63, 3.8) is 0 Å². The molecule has 0 aliphatic carbocycles. The summed E-state index contributed by atoms with van der Waals surface area (Å²) in [5.41, 5.74) is 0. The number of carbonyl (C=O) groups is 1. The summed E-state index contributed by atoms with van der Waals surface area (Å²) in [5, 5.41) is 0. The molecule has 2 unspecified atom stereocenters. The van der Waals surface area contributed by atoms with Gasteiger partial charge >= 0.3 is 0 Å². The zero-order valence-electron chi connectivity index (χ0n) is 10.1. The number of likely N-dealkylation sites (tertiary alicyclic amines) is 1. The summed E-state index contributed by atoms with van der Waals surface area (Å²) in [6.07, 6.45) is 2.15. The molecule has 2 atom stereocenters. The van der Waals surface area contributed by atoms with Crippen molar-refractivity contribution < 1.29 is 4.79 Å². The SMILES string of the molecule is CCC1CC(C(C)C)C(=O)N1C(C)C. The van der Waals surface area contributed by atoms with Crippen LogP contribution in [0.1, 0.15) is 47.5 Å². The number of amides is 1. The Hall–Kier alpha value is -0.530. The van der Waals surface area contributed by atoms with Crippen LogP contribution in [0.3, 0.4) is 0 Å². The molecule has 1 fully saturated rings. The molecule has 2 heteroatoms. The van der Waals surface area contributed by atoms with Crippen molar-refractivity contribution >= 4 is 5.91 Å². The molecule has 0 spiro atoms. The van der Waals surface area contributed by atoms with Gasteiger partial charge in [-0.1, -0.05) is 20.8 Å². The lowest BCUT2D eigenvalue weighted by Gasteiger charge is -2.28. The molecule has 1 amide bonds. The van der Waals surface area contributed by atoms with Gasteiger partial charge in [-0.2, -0.15) is 0 Å². The van der Waals surface area contributed by atoms with Gasteiger partial charge in [-0.25, -0.2) is 0 Å². The van der Waals surface area contributed by atoms with Gasteiger partial charge in [0.2, 0.25) is 5.91 Å². The van der Waals surface area contributed by atoms with Crippen molar-refractivity contribution in [2.75, 3.05) is 0 Å². The Morgan fingerprint density at radius 3 is 2.21 bits per heavy atom. The monoisotopic (exact) mass is 197 g/mol. The normalized spacial score (nSPS) is 28.2. The van der Waals surface area contributed by atoms with E-state index in [1.54, 1.807) is 0 Å². The Labute approximate surface area is 87.7 Å². The highest BCUT2D eigenvalue weighted by atomic mass is 16.2. The van der Waals surface area contributed by atoms with Gasteiger partial charge in [0.15, 0.2) is 0 Å². The van der Waals surface area contributed by atoms with Crippen LogP contribution in [0.15, 0.2) is 0 Å². The van der Waals surface area contributed by atoms with E-state index < -0.39 is 0 Å². The largest absolute Gasteiger partial charge is 0.337 e. The molecule has 1 rings (SSSR count). The lowest BCUT2D eigenvalue weighted by molar-refractivity contribution is -0.134. The third kappa shape index (κ3) is 1.94.